The molecule has 0 saturated heterocycles. The Morgan fingerprint density at radius 3 is 2.65 bits per heavy atom. The molecule has 0 bridgehead atoms. The van der Waals surface area contributed by atoms with Crippen LogP contribution >= 0.6 is 11.3 Å². The summed E-state index contributed by atoms with van der Waals surface area (Å²) in [6.45, 7) is 0. The summed E-state index contributed by atoms with van der Waals surface area (Å²) in [7, 11) is 0. The van der Waals surface area contributed by atoms with Crippen molar-refractivity contribution in [1.82, 2.24) is 5.43 Å². The highest BCUT2D eigenvalue weighted by atomic mass is 32.1. The lowest BCUT2D eigenvalue weighted by molar-refractivity contribution is -0.120. The van der Waals surface area contributed by atoms with Crippen LogP contribution < -0.4 is 10.2 Å². The van der Waals surface area contributed by atoms with Crippen molar-refractivity contribution in [2.75, 3.05) is 0 Å². The van der Waals surface area contributed by atoms with Gasteiger partial charge in [-0.2, -0.15) is 5.10 Å². The number of carbonyl (C=O) groups is 2. The number of rotatable bonds is 6. The second kappa shape index (κ2) is 8.73. The van der Waals surface area contributed by atoms with E-state index in [9.17, 15) is 9.59 Å². The highest BCUT2D eigenvalue weighted by Gasteiger charge is 2.09. The van der Waals surface area contributed by atoms with Gasteiger partial charge in [0, 0.05) is 0 Å². The van der Waals surface area contributed by atoms with Crippen molar-refractivity contribution in [3.05, 3.63) is 88.1 Å². The smallest absolute Gasteiger partial charge is 0.353 e. The second-order valence-corrected chi connectivity index (χ2v) is 6.34. The van der Waals surface area contributed by atoms with E-state index in [0.717, 1.165) is 5.56 Å². The number of thiophene rings is 1. The summed E-state index contributed by atoms with van der Waals surface area (Å²) in [6.07, 6.45) is 1.77. The quantitative estimate of drug-likeness (QED) is 0.314. The molecule has 0 unspecified atom stereocenters. The maximum Gasteiger partial charge on any atom is 0.353 e. The summed E-state index contributed by atoms with van der Waals surface area (Å²) in [5, 5.41) is 5.76. The van der Waals surface area contributed by atoms with Crippen LogP contribution in [0.2, 0.25) is 0 Å². The Balaban J connectivity index is 1.55. The number of hydrazone groups is 1. The van der Waals surface area contributed by atoms with Crippen molar-refractivity contribution in [2.45, 2.75) is 6.42 Å². The topological polar surface area (TPSA) is 67.8 Å². The van der Waals surface area contributed by atoms with Crippen molar-refractivity contribution in [1.29, 1.82) is 0 Å². The van der Waals surface area contributed by atoms with Gasteiger partial charge < -0.3 is 4.74 Å². The zero-order chi connectivity index (χ0) is 18.2. The molecular formula is C20H16N2O3S. The fraction of sp³-hybridized carbons (Fsp3) is 0.0500. The molecule has 1 aromatic heterocycles. The maximum atomic E-state index is 12.0. The molecule has 0 atom stereocenters. The van der Waals surface area contributed by atoms with E-state index in [0.29, 0.717) is 16.2 Å². The van der Waals surface area contributed by atoms with Crippen LogP contribution in [0, 0.1) is 0 Å². The third-order valence-corrected chi connectivity index (χ3v) is 4.25. The Hall–Kier alpha value is -3.25. The molecule has 3 aromatic rings. The van der Waals surface area contributed by atoms with Crippen LogP contribution in [0.4, 0.5) is 0 Å². The van der Waals surface area contributed by atoms with E-state index in [4.69, 9.17) is 4.74 Å². The predicted molar refractivity (Wildman–Crippen MR) is 102 cm³/mol. The van der Waals surface area contributed by atoms with E-state index in [-0.39, 0.29) is 12.3 Å². The molecule has 0 saturated carbocycles. The van der Waals surface area contributed by atoms with Crippen molar-refractivity contribution < 1.29 is 14.3 Å². The minimum absolute atomic E-state index is 0.201. The van der Waals surface area contributed by atoms with Crippen LogP contribution in [0.25, 0.3) is 0 Å². The first kappa shape index (κ1) is 17.6. The Morgan fingerprint density at radius 2 is 1.88 bits per heavy atom. The number of amides is 1. The summed E-state index contributed by atoms with van der Waals surface area (Å²) in [5.41, 5.74) is 4.12. The molecule has 1 N–H and O–H groups in total. The van der Waals surface area contributed by atoms with Gasteiger partial charge in [-0.05, 0) is 34.7 Å². The van der Waals surface area contributed by atoms with E-state index in [1.165, 1.54) is 17.6 Å². The third kappa shape index (κ3) is 5.12. The fourth-order valence-electron chi connectivity index (χ4n) is 2.21. The summed E-state index contributed by atoms with van der Waals surface area (Å²) in [6, 6.07) is 19.9. The molecule has 0 aliphatic heterocycles. The van der Waals surface area contributed by atoms with Crippen LogP contribution in [0.5, 0.6) is 5.75 Å². The zero-order valence-corrected chi connectivity index (χ0v) is 14.6. The molecule has 0 aliphatic rings. The highest BCUT2D eigenvalue weighted by molar-refractivity contribution is 7.12. The third-order valence-electron chi connectivity index (χ3n) is 3.40. The molecule has 0 aliphatic carbocycles. The number of hydrogen-bond donors (Lipinski definition) is 1. The van der Waals surface area contributed by atoms with Gasteiger partial charge in [0.25, 0.3) is 0 Å². The SMILES string of the molecule is O=C(Cc1ccccc1)N/N=C/c1cccc(OC(=O)c2cccs2)c1. The van der Waals surface area contributed by atoms with Gasteiger partial charge in [0.1, 0.15) is 10.6 Å². The van der Waals surface area contributed by atoms with Gasteiger partial charge in [-0.25, -0.2) is 10.2 Å². The molecule has 1 heterocycles. The van der Waals surface area contributed by atoms with Gasteiger partial charge in [-0.3, -0.25) is 4.79 Å². The van der Waals surface area contributed by atoms with E-state index < -0.39 is 5.97 Å². The molecule has 5 nitrogen and oxygen atoms in total. The first-order valence-corrected chi connectivity index (χ1v) is 8.80. The van der Waals surface area contributed by atoms with Crippen molar-refractivity contribution in [3.8, 4) is 5.75 Å². The van der Waals surface area contributed by atoms with Crippen LogP contribution in [0.1, 0.15) is 20.8 Å². The summed E-state index contributed by atoms with van der Waals surface area (Å²) in [4.78, 5) is 24.4. The van der Waals surface area contributed by atoms with Gasteiger partial charge >= 0.3 is 5.97 Å². The first-order chi connectivity index (χ1) is 12.7. The lowest BCUT2D eigenvalue weighted by Crippen LogP contribution is -2.19. The van der Waals surface area contributed by atoms with Crippen LogP contribution in [-0.2, 0) is 11.2 Å². The van der Waals surface area contributed by atoms with E-state index in [1.807, 2.05) is 35.7 Å². The minimum atomic E-state index is -0.398. The Bertz CT molecular complexity index is 906. The van der Waals surface area contributed by atoms with Crippen LogP contribution in [-0.4, -0.2) is 18.1 Å². The van der Waals surface area contributed by atoms with Crippen molar-refractivity contribution >= 4 is 29.4 Å². The average molecular weight is 364 g/mol. The zero-order valence-electron chi connectivity index (χ0n) is 13.8. The summed E-state index contributed by atoms with van der Waals surface area (Å²) in [5.74, 6) is -0.180. The Labute approximate surface area is 154 Å². The van der Waals surface area contributed by atoms with Crippen molar-refractivity contribution in [3.63, 3.8) is 0 Å². The van der Waals surface area contributed by atoms with Gasteiger partial charge in [0.2, 0.25) is 5.91 Å². The van der Waals surface area contributed by atoms with E-state index in [2.05, 4.69) is 10.5 Å². The number of ether oxygens (including phenoxy) is 1. The molecule has 0 radical (unpaired) electrons. The molecular weight excluding hydrogens is 348 g/mol. The lowest BCUT2D eigenvalue weighted by Gasteiger charge is -2.03. The number of hydrogen-bond acceptors (Lipinski definition) is 5. The molecule has 0 fully saturated rings. The largest absolute Gasteiger partial charge is 0.422 e. The molecule has 2 aromatic carbocycles. The first-order valence-electron chi connectivity index (χ1n) is 7.92. The molecule has 1 amide bonds. The fourth-order valence-corrected chi connectivity index (χ4v) is 2.81. The number of carbonyl (C=O) groups excluding carboxylic acids is 2. The molecule has 3 rings (SSSR count). The monoisotopic (exact) mass is 364 g/mol. The minimum Gasteiger partial charge on any atom is -0.422 e. The molecule has 6 heteroatoms. The summed E-state index contributed by atoms with van der Waals surface area (Å²) < 4.78 is 5.33. The normalized spacial score (nSPS) is 10.6. The van der Waals surface area contributed by atoms with Crippen LogP contribution in [0.15, 0.2) is 77.2 Å². The standard InChI is InChI=1S/C20H16N2O3S/c23-19(13-15-6-2-1-3-7-15)22-21-14-16-8-4-9-17(12-16)25-20(24)18-10-5-11-26-18/h1-12,14H,13H2,(H,22,23)/b21-14+. The van der Waals surface area contributed by atoms with E-state index in [1.54, 1.807) is 36.4 Å². The van der Waals surface area contributed by atoms with Gasteiger partial charge in [-0.15, -0.1) is 11.3 Å². The predicted octanol–water partition coefficient (Wildman–Crippen LogP) is 3.66. The Kier molecular flexibility index (Phi) is 5.90. The number of benzene rings is 2. The van der Waals surface area contributed by atoms with Gasteiger partial charge in [0.05, 0.1) is 12.6 Å². The molecule has 26 heavy (non-hydrogen) atoms. The summed E-state index contributed by atoms with van der Waals surface area (Å²) >= 11 is 1.32. The molecule has 0 spiro atoms. The van der Waals surface area contributed by atoms with Crippen molar-refractivity contribution in [2.24, 2.45) is 5.10 Å². The van der Waals surface area contributed by atoms with Gasteiger partial charge in [-0.1, -0.05) is 48.5 Å². The number of esters is 1. The van der Waals surface area contributed by atoms with E-state index >= 15 is 0 Å². The van der Waals surface area contributed by atoms with Crippen LogP contribution in [0.3, 0.4) is 0 Å². The maximum absolute atomic E-state index is 12.0. The Morgan fingerprint density at radius 1 is 1.04 bits per heavy atom. The highest BCUT2D eigenvalue weighted by Crippen LogP contribution is 2.16. The van der Waals surface area contributed by atoms with Gasteiger partial charge in [0.15, 0.2) is 0 Å². The number of nitrogens with one attached hydrogen (secondary N) is 1. The average Bonchev–Trinajstić information content (AvgIpc) is 3.18. The number of nitrogens with zero attached hydrogens (tertiary/aromatic N) is 1. The molecule has 130 valence electrons. The second-order valence-electron chi connectivity index (χ2n) is 5.39. The lowest BCUT2D eigenvalue weighted by atomic mass is 10.1.